The molecular formula is C31H34FN3O3. The van der Waals surface area contributed by atoms with E-state index < -0.39 is 6.09 Å². The number of nitrogens with one attached hydrogen (secondary N) is 2. The molecule has 6 nitrogen and oxygen atoms in total. The van der Waals surface area contributed by atoms with E-state index in [0.717, 1.165) is 55.3 Å². The predicted octanol–water partition coefficient (Wildman–Crippen LogP) is 5.57. The lowest BCUT2D eigenvalue weighted by Gasteiger charge is -2.36. The number of carbonyl (C=O) groups excluding carboxylic acids is 2. The molecule has 1 aromatic heterocycles. The van der Waals surface area contributed by atoms with Gasteiger partial charge in [-0.2, -0.15) is 0 Å². The molecule has 198 valence electrons. The summed E-state index contributed by atoms with van der Waals surface area (Å²) in [6, 6.07) is 19.9. The molecule has 2 N–H and O–H groups in total. The quantitative estimate of drug-likeness (QED) is 0.431. The highest BCUT2D eigenvalue weighted by atomic mass is 19.1. The second-order valence-corrected chi connectivity index (χ2v) is 10.4. The van der Waals surface area contributed by atoms with E-state index in [1.165, 1.54) is 6.07 Å². The Bertz CT molecular complexity index is 1230. The Labute approximate surface area is 223 Å². The fraction of sp³-hybridized carbons (Fsp3) is 0.387. The van der Waals surface area contributed by atoms with E-state index in [4.69, 9.17) is 4.74 Å². The molecule has 1 saturated carbocycles. The smallest absolute Gasteiger partial charge is 0.410 e. The van der Waals surface area contributed by atoms with Gasteiger partial charge < -0.3 is 15.4 Å². The van der Waals surface area contributed by atoms with Crippen molar-refractivity contribution in [2.45, 2.75) is 56.9 Å². The van der Waals surface area contributed by atoms with Crippen LogP contribution in [0.2, 0.25) is 0 Å². The largest absolute Gasteiger partial charge is 0.412 e. The Morgan fingerprint density at radius 2 is 1.74 bits per heavy atom. The minimum Gasteiger partial charge on any atom is -0.410 e. The maximum atomic E-state index is 13.9. The van der Waals surface area contributed by atoms with Gasteiger partial charge in [-0.3, -0.25) is 9.78 Å². The van der Waals surface area contributed by atoms with Crippen molar-refractivity contribution >= 4 is 12.0 Å². The average Bonchev–Trinajstić information content (AvgIpc) is 2.94. The third-order valence-corrected chi connectivity index (χ3v) is 7.90. The number of hydrogen-bond donors (Lipinski definition) is 2. The van der Waals surface area contributed by atoms with Gasteiger partial charge in [0.1, 0.15) is 11.6 Å². The molecular weight excluding hydrogens is 481 g/mol. The van der Waals surface area contributed by atoms with E-state index in [2.05, 4.69) is 15.6 Å². The molecule has 0 unspecified atom stereocenters. The molecule has 2 aliphatic carbocycles. The van der Waals surface area contributed by atoms with Crippen molar-refractivity contribution in [3.8, 4) is 5.75 Å². The SMILES string of the molecule is O=C(NCC1CCC(C(=O)N[C@@H]2CCc3cc(F)ccc3[C@H]2Cc2ccccn2)CC1)Oc1ccccc1. The summed E-state index contributed by atoms with van der Waals surface area (Å²) >= 11 is 0. The van der Waals surface area contributed by atoms with Crippen LogP contribution >= 0.6 is 0 Å². The molecule has 0 bridgehead atoms. The summed E-state index contributed by atoms with van der Waals surface area (Å²) in [4.78, 5) is 29.9. The van der Waals surface area contributed by atoms with Gasteiger partial charge in [-0.1, -0.05) is 30.3 Å². The number of ether oxygens (including phenoxy) is 1. The number of carbonyl (C=O) groups is 2. The number of nitrogens with zero attached hydrogens (tertiary/aromatic N) is 1. The molecule has 3 aromatic rings. The van der Waals surface area contributed by atoms with Gasteiger partial charge in [0.25, 0.3) is 0 Å². The van der Waals surface area contributed by atoms with Gasteiger partial charge in [0, 0.05) is 36.3 Å². The van der Waals surface area contributed by atoms with Gasteiger partial charge >= 0.3 is 6.09 Å². The fourth-order valence-electron chi connectivity index (χ4n) is 5.84. The van der Waals surface area contributed by atoms with E-state index in [0.29, 0.717) is 24.6 Å². The monoisotopic (exact) mass is 515 g/mol. The van der Waals surface area contributed by atoms with Gasteiger partial charge in [-0.05, 0) is 98.4 Å². The van der Waals surface area contributed by atoms with E-state index in [1.54, 1.807) is 24.4 Å². The molecule has 0 saturated heterocycles. The van der Waals surface area contributed by atoms with Crippen LogP contribution in [-0.2, 0) is 17.6 Å². The Morgan fingerprint density at radius 3 is 2.50 bits per heavy atom. The summed E-state index contributed by atoms with van der Waals surface area (Å²) < 4.78 is 19.2. The summed E-state index contributed by atoms with van der Waals surface area (Å²) in [6.45, 7) is 0.544. The highest BCUT2D eigenvalue weighted by Crippen LogP contribution is 2.36. The van der Waals surface area contributed by atoms with Crippen molar-refractivity contribution in [2.24, 2.45) is 11.8 Å². The normalized spacial score (nSPS) is 22.7. The summed E-state index contributed by atoms with van der Waals surface area (Å²) in [7, 11) is 0. The van der Waals surface area contributed by atoms with Crippen LogP contribution in [-0.4, -0.2) is 29.6 Å². The van der Waals surface area contributed by atoms with Crippen LogP contribution in [0.1, 0.15) is 54.8 Å². The maximum absolute atomic E-state index is 13.9. The maximum Gasteiger partial charge on any atom is 0.412 e. The number of hydrogen-bond acceptors (Lipinski definition) is 4. The summed E-state index contributed by atoms with van der Waals surface area (Å²) in [6.07, 6.45) is 6.91. The Morgan fingerprint density at radius 1 is 0.947 bits per heavy atom. The van der Waals surface area contributed by atoms with Crippen LogP contribution in [0.4, 0.5) is 9.18 Å². The van der Waals surface area contributed by atoms with E-state index in [1.807, 2.05) is 42.5 Å². The number of pyridine rings is 1. The molecule has 1 heterocycles. The van der Waals surface area contributed by atoms with Gasteiger partial charge in [0.05, 0.1) is 0 Å². The van der Waals surface area contributed by atoms with Crippen LogP contribution in [0.3, 0.4) is 0 Å². The molecule has 5 rings (SSSR count). The summed E-state index contributed by atoms with van der Waals surface area (Å²) in [5.41, 5.74) is 3.09. The van der Waals surface area contributed by atoms with Crippen LogP contribution in [0.25, 0.3) is 0 Å². The van der Waals surface area contributed by atoms with Crippen molar-refractivity contribution in [1.82, 2.24) is 15.6 Å². The third-order valence-electron chi connectivity index (χ3n) is 7.90. The number of rotatable bonds is 7. The van der Waals surface area contributed by atoms with E-state index in [-0.39, 0.29) is 29.6 Å². The van der Waals surface area contributed by atoms with Crippen molar-refractivity contribution < 1.29 is 18.7 Å². The number of aromatic nitrogens is 1. The molecule has 0 radical (unpaired) electrons. The highest BCUT2D eigenvalue weighted by molar-refractivity contribution is 5.79. The predicted molar refractivity (Wildman–Crippen MR) is 143 cm³/mol. The lowest BCUT2D eigenvalue weighted by molar-refractivity contribution is -0.127. The molecule has 0 spiro atoms. The number of benzene rings is 2. The van der Waals surface area contributed by atoms with Crippen molar-refractivity contribution in [3.05, 3.63) is 95.6 Å². The van der Waals surface area contributed by atoms with Gasteiger partial charge in [0.2, 0.25) is 5.91 Å². The van der Waals surface area contributed by atoms with Crippen molar-refractivity contribution in [3.63, 3.8) is 0 Å². The number of amides is 2. The first-order valence-electron chi connectivity index (χ1n) is 13.5. The zero-order valence-corrected chi connectivity index (χ0v) is 21.4. The first-order chi connectivity index (χ1) is 18.5. The van der Waals surface area contributed by atoms with Crippen LogP contribution in [0, 0.1) is 17.7 Å². The minimum atomic E-state index is -0.451. The summed E-state index contributed by atoms with van der Waals surface area (Å²) in [5.74, 6) is 0.740. The molecule has 2 aromatic carbocycles. The molecule has 0 aliphatic heterocycles. The Balaban J connectivity index is 1.14. The first-order valence-corrected chi connectivity index (χ1v) is 13.5. The highest BCUT2D eigenvalue weighted by Gasteiger charge is 2.34. The van der Waals surface area contributed by atoms with Crippen molar-refractivity contribution in [1.29, 1.82) is 0 Å². The zero-order valence-electron chi connectivity index (χ0n) is 21.4. The zero-order chi connectivity index (χ0) is 26.3. The van der Waals surface area contributed by atoms with Crippen LogP contribution in [0.5, 0.6) is 5.75 Å². The standard InChI is InChI=1S/C31H34FN3O3/c32-24-14-15-27-23(18-24)13-16-29(28(27)19-25-6-4-5-17-33-25)35-30(36)22-11-9-21(10-12-22)20-34-31(37)38-26-7-2-1-3-8-26/h1-8,14-15,17-18,21-22,28-29H,9-13,16,19-20H2,(H,34,37)(H,35,36)/t21?,22?,28-,29-/m1/s1. The van der Waals surface area contributed by atoms with Gasteiger partial charge in [0.15, 0.2) is 0 Å². The van der Waals surface area contributed by atoms with Gasteiger partial charge in [-0.25, -0.2) is 9.18 Å². The van der Waals surface area contributed by atoms with E-state index in [9.17, 15) is 14.0 Å². The lowest BCUT2D eigenvalue weighted by atomic mass is 9.76. The molecule has 38 heavy (non-hydrogen) atoms. The fourth-order valence-corrected chi connectivity index (χ4v) is 5.84. The summed E-state index contributed by atoms with van der Waals surface area (Å²) in [5, 5.41) is 6.22. The van der Waals surface area contributed by atoms with Gasteiger partial charge in [-0.15, -0.1) is 0 Å². The lowest BCUT2D eigenvalue weighted by Crippen LogP contribution is -2.46. The average molecular weight is 516 g/mol. The Hall–Kier alpha value is -3.74. The van der Waals surface area contributed by atoms with Crippen LogP contribution in [0.15, 0.2) is 72.9 Å². The second-order valence-electron chi connectivity index (χ2n) is 10.4. The molecule has 2 atom stereocenters. The topological polar surface area (TPSA) is 80.3 Å². The molecule has 7 heteroatoms. The first kappa shape index (κ1) is 25.9. The number of para-hydroxylation sites is 1. The molecule has 1 fully saturated rings. The third kappa shape index (κ3) is 6.57. The molecule has 2 amide bonds. The second kappa shape index (κ2) is 12.2. The number of fused-ring (bicyclic) bond motifs is 1. The van der Waals surface area contributed by atoms with Crippen LogP contribution < -0.4 is 15.4 Å². The molecule has 2 aliphatic rings. The van der Waals surface area contributed by atoms with E-state index >= 15 is 0 Å². The Kier molecular flexibility index (Phi) is 8.31. The number of aryl methyl sites for hydroxylation is 1. The number of halogens is 1. The minimum absolute atomic E-state index is 0.0189. The van der Waals surface area contributed by atoms with Crippen molar-refractivity contribution in [2.75, 3.05) is 6.54 Å².